The first-order chi connectivity index (χ1) is 8.21. The van der Waals surface area contributed by atoms with E-state index in [-0.39, 0.29) is 13.1 Å². The number of alkyl halides is 1. The van der Waals surface area contributed by atoms with Crippen LogP contribution in [0, 0.1) is 5.41 Å². The van der Waals surface area contributed by atoms with Crippen LogP contribution >= 0.6 is 0 Å². The van der Waals surface area contributed by atoms with E-state index < -0.39 is 22.8 Å². The lowest BCUT2D eigenvalue weighted by Gasteiger charge is -2.26. The van der Waals surface area contributed by atoms with E-state index in [0.717, 1.165) is 0 Å². The largest absolute Gasteiger partial charge is 0.444 e. The van der Waals surface area contributed by atoms with Crippen molar-refractivity contribution in [2.45, 2.75) is 51.3 Å². The first-order valence-corrected chi connectivity index (χ1v) is 6.35. The first kappa shape index (κ1) is 13.3. The van der Waals surface area contributed by atoms with Crippen molar-refractivity contribution < 1.29 is 18.7 Å². The van der Waals surface area contributed by atoms with Crippen LogP contribution in [-0.4, -0.2) is 41.6 Å². The van der Waals surface area contributed by atoms with Gasteiger partial charge in [0.1, 0.15) is 17.6 Å². The lowest BCUT2D eigenvalue weighted by molar-refractivity contribution is -0.120. The monoisotopic (exact) mass is 257 g/mol. The van der Waals surface area contributed by atoms with Crippen molar-refractivity contribution in [3.05, 3.63) is 0 Å². The molecule has 2 fully saturated rings. The number of rotatable bonds is 1. The molecule has 0 spiro atoms. The third kappa shape index (κ3) is 1.99. The number of ether oxygens (including phenoxy) is 1. The molecular formula is C13H20FNO3. The van der Waals surface area contributed by atoms with Gasteiger partial charge in [-0.25, -0.2) is 9.18 Å². The molecule has 0 radical (unpaired) electrons. The third-order valence-electron chi connectivity index (χ3n) is 3.88. The van der Waals surface area contributed by atoms with Gasteiger partial charge in [-0.3, -0.25) is 0 Å². The van der Waals surface area contributed by atoms with Crippen LogP contribution in [0.4, 0.5) is 9.18 Å². The van der Waals surface area contributed by atoms with E-state index in [4.69, 9.17) is 4.74 Å². The van der Waals surface area contributed by atoms with Crippen molar-refractivity contribution in [1.29, 1.82) is 0 Å². The summed E-state index contributed by atoms with van der Waals surface area (Å²) in [6.45, 7) is 5.41. The summed E-state index contributed by atoms with van der Waals surface area (Å²) in [6.07, 6.45) is 1.74. The topological polar surface area (TPSA) is 46.6 Å². The van der Waals surface area contributed by atoms with Crippen LogP contribution in [0.2, 0.25) is 0 Å². The highest BCUT2D eigenvalue weighted by atomic mass is 19.1. The van der Waals surface area contributed by atoms with Gasteiger partial charge in [-0.1, -0.05) is 0 Å². The van der Waals surface area contributed by atoms with Crippen LogP contribution in [0.15, 0.2) is 0 Å². The van der Waals surface area contributed by atoms with E-state index in [0.29, 0.717) is 25.5 Å². The van der Waals surface area contributed by atoms with E-state index in [1.807, 2.05) is 0 Å². The maximum atomic E-state index is 14.7. The zero-order chi connectivity index (χ0) is 13.6. The molecule has 102 valence electrons. The van der Waals surface area contributed by atoms with Crippen LogP contribution in [0.3, 0.4) is 0 Å². The van der Waals surface area contributed by atoms with Crippen molar-refractivity contribution >= 4 is 12.4 Å². The van der Waals surface area contributed by atoms with Gasteiger partial charge in [0.2, 0.25) is 0 Å². The molecule has 1 saturated carbocycles. The number of carbonyl (C=O) groups excluding carboxylic acids is 2. The average Bonchev–Trinajstić information content (AvgIpc) is 2.65. The predicted molar refractivity (Wildman–Crippen MR) is 64.0 cm³/mol. The number of fused-ring (bicyclic) bond motifs is 1. The van der Waals surface area contributed by atoms with Gasteiger partial charge in [0.05, 0.1) is 12.0 Å². The highest BCUT2D eigenvalue weighted by Gasteiger charge is 2.63. The summed E-state index contributed by atoms with van der Waals surface area (Å²) in [7, 11) is 0. The molecule has 18 heavy (non-hydrogen) atoms. The molecule has 1 saturated heterocycles. The van der Waals surface area contributed by atoms with Crippen molar-refractivity contribution in [2.75, 3.05) is 13.1 Å². The summed E-state index contributed by atoms with van der Waals surface area (Å²) >= 11 is 0. The second-order valence-electron chi connectivity index (χ2n) is 6.43. The minimum Gasteiger partial charge on any atom is -0.444 e. The fourth-order valence-corrected chi connectivity index (χ4v) is 2.97. The van der Waals surface area contributed by atoms with E-state index in [2.05, 4.69) is 0 Å². The van der Waals surface area contributed by atoms with Gasteiger partial charge >= 0.3 is 6.09 Å². The Morgan fingerprint density at radius 2 is 2.00 bits per heavy atom. The normalized spacial score (nSPS) is 35.4. The molecule has 1 aliphatic carbocycles. The summed E-state index contributed by atoms with van der Waals surface area (Å²) in [5, 5.41) is 0. The number of nitrogens with zero attached hydrogens (tertiary/aromatic N) is 1. The smallest absolute Gasteiger partial charge is 0.410 e. The molecule has 2 atom stereocenters. The van der Waals surface area contributed by atoms with Crippen LogP contribution in [0.5, 0.6) is 0 Å². The Labute approximate surface area is 106 Å². The average molecular weight is 257 g/mol. The quantitative estimate of drug-likeness (QED) is 0.677. The van der Waals surface area contributed by atoms with Gasteiger partial charge in [0.25, 0.3) is 0 Å². The lowest BCUT2D eigenvalue weighted by Crippen LogP contribution is -2.39. The summed E-state index contributed by atoms with van der Waals surface area (Å²) in [6, 6.07) is 0. The fraction of sp³-hybridized carbons (Fsp3) is 0.846. The molecule has 1 aliphatic heterocycles. The number of carbonyl (C=O) groups is 2. The molecule has 4 nitrogen and oxygen atoms in total. The Morgan fingerprint density at radius 1 is 1.33 bits per heavy atom. The van der Waals surface area contributed by atoms with E-state index in [1.165, 1.54) is 4.90 Å². The molecule has 5 heteroatoms. The molecule has 0 bridgehead atoms. The molecular weight excluding hydrogens is 237 g/mol. The molecule has 2 rings (SSSR count). The summed E-state index contributed by atoms with van der Waals surface area (Å²) in [4.78, 5) is 24.5. The van der Waals surface area contributed by atoms with Crippen LogP contribution < -0.4 is 0 Å². The first-order valence-electron chi connectivity index (χ1n) is 6.35. The van der Waals surface area contributed by atoms with Gasteiger partial charge in [-0.15, -0.1) is 0 Å². The number of hydrogen-bond donors (Lipinski definition) is 0. The van der Waals surface area contributed by atoms with Gasteiger partial charge in [0.15, 0.2) is 0 Å². The molecule has 1 heterocycles. The maximum Gasteiger partial charge on any atom is 0.410 e. The van der Waals surface area contributed by atoms with Gasteiger partial charge in [0, 0.05) is 6.54 Å². The molecule has 2 aliphatic rings. The van der Waals surface area contributed by atoms with Crippen molar-refractivity contribution in [1.82, 2.24) is 4.90 Å². The van der Waals surface area contributed by atoms with Gasteiger partial charge in [-0.05, 0) is 40.0 Å². The Morgan fingerprint density at radius 3 is 2.50 bits per heavy atom. The summed E-state index contributed by atoms with van der Waals surface area (Å²) in [5.41, 5.74) is -3.18. The molecule has 0 aromatic rings. The molecule has 0 aromatic heterocycles. The second-order valence-corrected chi connectivity index (χ2v) is 6.43. The van der Waals surface area contributed by atoms with Crippen molar-refractivity contribution in [3.8, 4) is 0 Å². The number of hydrogen-bond acceptors (Lipinski definition) is 3. The number of amides is 1. The van der Waals surface area contributed by atoms with Gasteiger partial charge in [-0.2, -0.15) is 0 Å². The Kier molecular flexibility index (Phi) is 2.91. The number of aldehydes is 1. The van der Waals surface area contributed by atoms with Crippen LogP contribution in [0.1, 0.15) is 40.0 Å². The highest BCUT2D eigenvalue weighted by Crippen LogP contribution is 2.53. The number of halogens is 1. The molecule has 0 N–H and O–H groups in total. The van der Waals surface area contributed by atoms with Gasteiger partial charge < -0.3 is 14.4 Å². The second kappa shape index (κ2) is 3.93. The standard InChI is InChI=1S/C13H20FNO3/c1-11(2,3)18-10(17)15-7-12(9-16)5-4-6-13(12,14)8-15/h9H,4-8H2,1-3H3/t12-,13-/m0/s1. The maximum absolute atomic E-state index is 14.7. The highest BCUT2D eigenvalue weighted by molar-refractivity contribution is 5.73. The molecule has 0 aromatic carbocycles. The predicted octanol–water partition coefficient (Wildman–Crippen LogP) is 2.31. The minimum atomic E-state index is -1.56. The van der Waals surface area contributed by atoms with E-state index >= 15 is 0 Å². The zero-order valence-corrected chi connectivity index (χ0v) is 11.2. The fourth-order valence-electron chi connectivity index (χ4n) is 2.97. The molecule has 0 unspecified atom stereocenters. The zero-order valence-electron chi connectivity index (χ0n) is 11.2. The Bertz CT molecular complexity index is 379. The molecule has 1 amide bonds. The van der Waals surface area contributed by atoms with Crippen molar-refractivity contribution in [3.63, 3.8) is 0 Å². The SMILES string of the molecule is CC(C)(C)OC(=O)N1C[C@@]2(F)CCC[C@@]2(C=O)C1. The Balaban J connectivity index is 2.12. The minimum absolute atomic E-state index is 0.0271. The van der Waals surface area contributed by atoms with E-state index in [1.54, 1.807) is 20.8 Å². The van der Waals surface area contributed by atoms with Crippen LogP contribution in [-0.2, 0) is 9.53 Å². The number of likely N-dealkylation sites (tertiary alicyclic amines) is 1. The summed E-state index contributed by atoms with van der Waals surface area (Å²) in [5.74, 6) is 0. The lowest BCUT2D eigenvalue weighted by atomic mass is 9.80. The van der Waals surface area contributed by atoms with Crippen LogP contribution in [0.25, 0.3) is 0 Å². The van der Waals surface area contributed by atoms with Crippen molar-refractivity contribution in [2.24, 2.45) is 5.41 Å². The third-order valence-corrected chi connectivity index (χ3v) is 3.88. The van der Waals surface area contributed by atoms with E-state index in [9.17, 15) is 14.0 Å². The Hall–Kier alpha value is -1.13. The summed E-state index contributed by atoms with van der Waals surface area (Å²) < 4.78 is 19.9.